The number of piperazine rings is 1. The molecule has 1 saturated heterocycles. The Kier molecular flexibility index (Phi) is 7.44. The maximum atomic E-state index is 13.0. The minimum Gasteiger partial charge on any atom is -0.497 e. The Morgan fingerprint density at radius 1 is 1.06 bits per heavy atom. The Morgan fingerprint density at radius 2 is 1.73 bits per heavy atom. The van der Waals surface area contributed by atoms with Crippen molar-refractivity contribution in [2.45, 2.75) is 30.7 Å². The zero-order valence-electron chi connectivity index (χ0n) is 19.4. The fraction of sp³-hybridized carbons (Fsp3) is 0.522. The van der Waals surface area contributed by atoms with Gasteiger partial charge in [0.15, 0.2) is 0 Å². The van der Waals surface area contributed by atoms with Crippen molar-refractivity contribution in [2.75, 3.05) is 63.5 Å². The number of thioether (sulfide) groups is 1. The van der Waals surface area contributed by atoms with Gasteiger partial charge in [0.1, 0.15) is 16.5 Å². The number of ether oxygens (including phenoxy) is 2. The number of amides is 1. The van der Waals surface area contributed by atoms with E-state index in [1.165, 1.54) is 11.8 Å². The van der Waals surface area contributed by atoms with Gasteiger partial charge in [-0.25, -0.2) is 9.47 Å². The molecule has 1 aromatic carbocycles. The van der Waals surface area contributed by atoms with Crippen molar-refractivity contribution in [2.24, 2.45) is 0 Å². The maximum Gasteiger partial charge on any atom is 0.367 e. The fourth-order valence-corrected chi connectivity index (χ4v) is 5.16. The number of likely N-dealkylation sites (N-methyl/N-ethyl adjacent to an activating group) is 1. The van der Waals surface area contributed by atoms with Crippen LogP contribution in [0.5, 0.6) is 11.5 Å². The third kappa shape index (κ3) is 5.44. The summed E-state index contributed by atoms with van der Waals surface area (Å²) in [6, 6.07) is 5.22. The largest absolute Gasteiger partial charge is 0.497 e. The van der Waals surface area contributed by atoms with Crippen LogP contribution >= 0.6 is 11.8 Å². The number of nitrogens with zero attached hydrogens (tertiary/aromatic N) is 4. The Labute approximate surface area is 198 Å². The molecule has 2 aromatic rings. The van der Waals surface area contributed by atoms with Crippen molar-refractivity contribution in [3.63, 3.8) is 0 Å². The molecule has 0 atom stereocenters. The highest BCUT2D eigenvalue weighted by Crippen LogP contribution is 2.29. The lowest BCUT2D eigenvalue weighted by molar-refractivity contribution is -0.113. The normalized spacial score (nSPS) is 16.3. The van der Waals surface area contributed by atoms with Crippen LogP contribution in [0.25, 0.3) is 0 Å². The highest BCUT2D eigenvalue weighted by Gasteiger charge is 2.25. The number of aromatic nitrogens is 2. The second-order valence-corrected chi connectivity index (χ2v) is 9.30. The van der Waals surface area contributed by atoms with Crippen LogP contribution in [0.2, 0.25) is 0 Å². The molecule has 1 N–H and O–H groups in total. The van der Waals surface area contributed by atoms with Crippen LogP contribution in [0, 0.1) is 0 Å². The van der Waals surface area contributed by atoms with E-state index in [-0.39, 0.29) is 17.3 Å². The lowest BCUT2D eigenvalue weighted by Crippen LogP contribution is -2.54. The van der Waals surface area contributed by atoms with Gasteiger partial charge in [-0.15, -0.1) is 0 Å². The number of fused-ring (bicyclic) bond motifs is 1. The number of rotatable bonds is 7. The first-order chi connectivity index (χ1) is 16.0. The molecule has 2 heterocycles. The van der Waals surface area contributed by atoms with Crippen molar-refractivity contribution >= 4 is 23.4 Å². The number of anilines is 1. The molecule has 33 heavy (non-hydrogen) atoms. The molecule has 0 bridgehead atoms. The average Bonchev–Trinajstić information content (AvgIpc) is 2.83. The van der Waals surface area contributed by atoms with Crippen LogP contribution in [0.1, 0.15) is 24.1 Å². The summed E-state index contributed by atoms with van der Waals surface area (Å²) in [6.45, 7) is 3.47. The van der Waals surface area contributed by atoms with E-state index in [1.807, 2.05) is 0 Å². The third-order valence-electron chi connectivity index (χ3n) is 6.07. The summed E-state index contributed by atoms with van der Waals surface area (Å²) in [5.41, 5.74) is 2.52. The van der Waals surface area contributed by atoms with E-state index < -0.39 is 0 Å². The van der Waals surface area contributed by atoms with E-state index in [0.717, 1.165) is 63.1 Å². The molecule has 2 aliphatic rings. The summed E-state index contributed by atoms with van der Waals surface area (Å²) in [4.78, 5) is 32.3. The lowest BCUT2D eigenvalue weighted by Gasteiger charge is -2.37. The highest BCUT2D eigenvalue weighted by atomic mass is 32.2. The number of nitrogens with one attached hydrogen (secondary N) is 1. The first kappa shape index (κ1) is 23.4. The summed E-state index contributed by atoms with van der Waals surface area (Å²) >= 11 is 1.33. The van der Waals surface area contributed by atoms with E-state index in [1.54, 1.807) is 37.1 Å². The number of methoxy groups -OCH3 is 2. The Balaban J connectivity index is 1.50. The second-order valence-electron chi connectivity index (χ2n) is 8.34. The van der Waals surface area contributed by atoms with Gasteiger partial charge in [-0.2, -0.15) is 4.98 Å². The summed E-state index contributed by atoms with van der Waals surface area (Å²) in [6.07, 6.45) is 3.88. The lowest BCUT2D eigenvalue weighted by atomic mass is 9.97. The number of hydrogen-bond donors (Lipinski definition) is 1. The molecule has 178 valence electrons. The van der Waals surface area contributed by atoms with Gasteiger partial charge in [0, 0.05) is 55.6 Å². The van der Waals surface area contributed by atoms with Gasteiger partial charge in [-0.1, -0.05) is 11.8 Å². The van der Waals surface area contributed by atoms with E-state index in [0.29, 0.717) is 22.2 Å². The summed E-state index contributed by atoms with van der Waals surface area (Å²) in [5.74, 6) is 1.18. The Bertz CT molecular complexity index is 1040. The molecule has 9 nitrogen and oxygen atoms in total. The molecule has 10 heteroatoms. The van der Waals surface area contributed by atoms with Crippen molar-refractivity contribution in [1.82, 2.24) is 14.6 Å². The zero-order valence-corrected chi connectivity index (χ0v) is 20.2. The van der Waals surface area contributed by atoms with Crippen LogP contribution < -0.4 is 25.5 Å². The maximum absolute atomic E-state index is 13.0. The molecule has 0 spiro atoms. The van der Waals surface area contributed by atoms with E-state index in [4.69, 9.17) is 9.47 Å². The van der Waals surface area contributed by atoms with Crippen molar-refractivity contribution in [3.05, 3.63) is 39.9 Å². The molecule has 0 saturated carbocycles. The number of hydrogen-bond acceptors (Lipinski definition) is 8. The molecule has 1 aliphatic heterocycles. The summed E-state index contributed by atoms with van der Waals surface area (Å²) in [5, 5.41) is 5.68. The summed E-state index contributed by atoms with van der Waals surface area (Å²) < 4.78 is 12.3. The van der Waals surface area contributed by atoms with Crippen molar-refractivity contribution in [3.8, 4) is 11.5 Å². The molecule has 1 aliphatic carbocycles. The van der Waals surface area contributed by atoms with Gasteiger partial charge >= 0.3 is 5.69 Å². The minimum atomic E-state index is -0.249. The monoisotopic (exact) mass is 473 g/mol. The molecule has 1 fully saturated rings. The van der Waals surface area contributed by atoms with Crippen molar-refractivity contribution in [1.29, 1.82) is 0 Å². The van der Waals surface area contributed by atoms with Crippen LogP contribution in [-0.4, -0.2) is 73.7 Å². The molecule has 0 radical (unpaired) electrons. The van der Waals surface area contributed by atoms with Crippen LogP contribution in [0.15, 0.2) is 28.0 Å². The summed E-state index contributed by atoms with van der Waals surface area (Å²) in [7, 11) is 5.23. The van der Waals surface area contributed by atoms with Crippen LogP contribution in [0.3, 0.4) is 0 Å². The Hall–Kier alpha value is -2.72. The number of carbonyl (C=O) groups is 1. The van der Waals surface area contributed by atoms with Gasteiger partial charge in [0.25, 0.3) is 0 Å². The van der Waals surface area contributed by atoms with Crippen molar-refractivity contribution < 1.29 is 14.3 Å². The number of carbonyl (C=O) groups excluding carboxylic acids is 1. The molecule has 1 amide bonds. The molecular formula is C23H31N5O4S. The zero-order chi connectivity index (χ0) is 23.4. The topological polar surface area (TPSA) is 88.9 Å². The smallest absolute Gasteiger partial charge is 0.367 e. The fourth-order valence-electron chi connectivity index (χ4n) is 4.29. The molecule has 0 unspecified atom stereocenters. The predicted octanol–water partition coefficient (Wildman–Crippen LogP) is 1.75. The SMILES string of the molecule is COc1cc(NC(=O)CSc2nc(=O)n(N3CCN(C)CC3)c3c2CCCC3)cc(OC)c1. The van der Waals surface area contributed by atoms with Gasteiger partial charge < -0.3 is 24.7 Å². The van der Waals surface area contributed by atoms with Gasteiger partial charge in [0.05, 0.1) is 25.7 Å². The van der Waals surface area contributed by atoms with Gasteiger partial charge in [0.2, 0.25) is 5.91 Å². The van der Waals surface area contributed by atoms with E-state index in [2.05, 4.69) is 27.3 Å². The predicted molar refractivity (Wildman–Crippen MR) is 129 cm³/mol. The van der Waals surface area contributed by atoms with E-state index >= 15 is 0 Å². The standard InChI is InChI=1S/C23H31N5O4S/c1-26-8-10-27(11-9-26)28-20-7-5-4-6-19(20)22(25-23(28)30)33-15-21(29)24-16-12-17(31-2)14-18(13-16)32-3/h12-14H,4-11,15H2,1-3H3,(H,24,29). The van der Waals surface area contributed by atoms with Crippen LogP contribution in [-0.2, 0) is 17.6 Å². The number of benzene rings is 1. The molecule has 4 rings (SSSR count). The Morgan fingerprint density at radius 3 is 2.39 bits per heavy atom. The van der Waals surface area contributed by atoms with Gasteiger partial charge in [-0.3, -0.25) is 4.79 Å². The second kappa shape index (κ2) is 10.5. The first-order valence-electron chi connectivity index (χ1n) is 11.2. The highest BCUT2D eigenvalue weighted by molar-refractivity contribution is 8.00. The van der Waals surface area contributed by atoms with Crippen LogP contribution in [0.4, 0.5) is 5.69 Å². The third-order valence-corrected chi connectivity index (χ3v) is 7.09. The van der Waals surface area contributed by atoms with E-state index in [9.17, 15) is 9.59 Å². The van der Waals surface area contributed by atoms with Gasteiger partial charge in [-0.05, 0) is 32.7 Å². The minimum absolute atomic E-state index is 0.164. The molecular weight excluding hydrogens is 442 g/mol. The quantitative estimate of drug-likeness (QED) is 0.481. The average molecular weight is 474 g/mol. The first-order valence-corrected chi connectivity index (χ1v) is 12.2. The molecule has 1 aromatic heterocycles.